The molecular weight excluding hydrogens is 292 g/mol. The van der Waals surface area contributed by atoms with Crippen LogP contribution >= 0.6 is 0 Å². The summed E-state index contributed by atoms with van der Waals surface area (Å²) in [5.41, 5.74) is -1.28. The van der Waals surface area contributed by atoms with Crippen LogP contribution in [0.25, 0.3) is 0 Å². The van der Waals surface area contributed by atoms with E-state index in [1.807, 2.05) is 20.8 Å². The van der Waals surface area contributed by atoms with E-state index in [1.54, 1.807) is 7.05 Å². The molecule has 0 aromatic heterocycles. The maximum absolute atomic E-state index is 11.8. The van der Waals surface area contributed by atoms with Gasteiger partial charge in [0.25, 0.3) is 0 Å². The molecule has 0 heterocycles. The van der Waals surface area contributed by atoms with Gasteiger partial charge in [0.05, 0.1) is 17.6 Å². The fourth-order valence-electron chi connectivity index (χ4n) is 2.51. The van der Waals surface area contributed by atoms with Crippen molar-refractivity contribution in [3.05, 3.63) is 0 Å². The van der Waals surface area contributed by atoms with Gasteiger partial charge in [0.15, 0.2) is 5.96 Å². The van der Waals surface area contributed by atoms with Crippen molar-refractivity contribution in [3.8, 4) is 0 Å². The lowest BCUT2D eigenvalue weighted by molar-refractivity contribution is -0.128. The van der Waals surface area contributed by atoms with Crippen molar-refractivity contribution in [1.29, 1.82) is 0 Å². The zero-order valence-electron chi connectivity index (χ0n) is 15.8. The first-order valence-corrected chi connectivity index (χ1v) is 8.71. The first-order chi connectivity index (χ1) is 10.7. The summed E-state index contributed by atoms with van der Waals surface area (Å²) >= 11 is 0. The predicted octanol–water partition coefficient (Wildman–Crippen LogP) is 1.65. The van der Waals surface area contributed by atoms with E-state index in [0.29, 0.717) is 19.0 Å². The summed E-state index contributed by atoms with van der Waals surface area (Å²) in [6.07, 6.45) is 3.35. The average molecular weight is 329 g/mol. The zero-order chi connectivity index (χ0) is 17.9. The molecule has 136 valence electrons. The summed E-state index contributed by atoms with van der Waals surface area (Å²) in [4.78, 5) is 16.4. The van der Waals surface area contributed by atoms with Gasteiger partial charge in [-0.3, -0.25) is 9.79 Å². The third-order valence-corrected chi connectivity index (χ3v) is 3.85. The zero-order valence-corrected chi connectivity index (χ0v) is 15.8. The summed E-state index contributed by atoms with van der Waals surface area (Å²) in [5.74, 6) is 0.615. The maximum atomic E-state index is 11.8. The van der Waals surface area contributed by atoms with Crippen molar-refractivity contribution in [2.45, 2.75) is 65.9 Å². The molecule has 0 atom stereocenters. The Morgan fingerprint density at radius 2 is 1.65 bits per heavy atom. The van der Waals surface area contributed by atoms with Crippen molar-refractivity contribution in [2.24, 2.45) is 10.4 Å². The number of amides is 1. The second-order valence-corrected chi connectivity index (χ2v) is 6.74. The van der Waals surface area contributed by atoms with E-state index in [0.717, 1.165) is 32.2 Å². The molecule has 23 heavy (non-hydrogen) atoms. The lowest BCUT2D eigenvalue weighted by Gasteiger charge is -2.27. The highest BCUT2D eigenvalue weighted by molar-refractivity contribution is 5.84. The predicted molar refractivity (Wildman–Crippen MR) is 96.6 cm³/mol. The van der Waals surface area contributed by atoms with Crippen LogP contribution in [0, 0.1) is 5.41 Å². The van der Waals surface area contributed by atoms with Gasteiger partial charge in [-0.05, 0) is 33.6 Å². The quantitative estimate of drug-likeness (QED) is 0.363. The third-order valence-electron chi connectivity index (χ3n) is 3.85. The van der Waals surface area contributed by atoms with Gasteiger partial charge in [-0.1, -0.05) is 26.7 Å². The maximum Gasteiger partial charge on any atom is 0.227 e. The van der Waals surface area contributed by atoms with Crippen LogP contribution < -0.4 is 16.0 Å². The minimum atomic E-state index is -0.748. The SMILES string of the molecule is CCCC(O)(CCC)CN=C(NCC)NCC(C)(C)C(=O)NC. The Morgan fingerprint density at radius 1 is 1.09 bits per heavy atom. The minimum Gasteiger partial charge on any atom is -0.388 e. The van der Waals surface area contributed by atoms with Crippen molar-refractivity contribution < 1.29 is 9.90 Å². The number of nitrogens with one attached hydrogen (secondary N) is 3. The Morgan fingerprint density at radius 3 is 2.09 bits per heavy atom. The van der Waals surface area contributed by atoms with Crippen LogP contribution in [0.4, 0.5) is 0 Å². The number of aliphatic hydroxyl groups is 1. The highest BCUT2D eigenvalue weighted by Crippen LogP contribution is 2.20. The number of nitrogens with zero attached hydrogens (tertiary/aromatic N) is 1. The Hall–Kier alpha value is -1.30. The van der Waals surface area contributed by atoms with Crippen LogP contribution in [0.5, 0.6) is 0 Å². The van der Waals surface area contributed by atoms with Crippen molar-refractivity contribution in [1.82, 2.24) is 16.0 Å². The number of aliphatic imine (C=N–C) groups is 1. The highest BCUT2D eigenvalue weighted by atomic mass is 16.3. The average Bonchev–Trinajstić information content (AvgIpc) is 2.49. The van der Waals surface area contributed by atoms with E-state index in [4.69, 9.17) is 0 Å². The molecule has 0 aliphatic heterocycles. The number of carbonyl (C=O) groups is 1. The molecule has 0 saturated heterocycles. The van der Waals surface area contributed by atoms with Gasteiger partial charge < -0.3 is 21.1 Å². The number of rotatable bonds is 10. The van der Waals surface area contributed by atoms with Crippen LogP contribution in [0.15, 0.2) is 4.99 Å². The van der Waals surface area contributed by atoms with E-state index in [2.05, 4.69) is 34.8 Å². The lowest BCUT2D eigenvalue weighted by atomic mass is 9.92. The lowest BCUT2D eigenvalue weighted by Crippen LogP contribution is -2.47. The first-order valence-electron chi connectivity index (χ1n) is 8.71. The van der Waals surface area contributed by atoms with Crippen LogP contribution in [0.1, 0.15) is 60.3 Å². The Kier molecular flexibility index (Phi) is 9.88. The first kappa shape index (κ1) is 21.7. The summed E-state index contributed by atoms with van der Waals surface area (Å²) in [6, 6.07) is 0. The molecule has 4 N–H and O–H groups in total. The monoisotopic (exact) mass is 328 g/mol. The Bertz CT molecular complexity index is 375. The van der Waals surface area contributed by atoms with E-state index in [-0.39, 0.29) is 5.91 Å². The number of carbonyl (C=O) groups excluding carboxylic acids is 1. The summed E-state index contributed by atoms with van der Waals surface area (Å²) in [6.45, 7) is 11.5. The van der Waals surface area contributed by atoms with Crippen molar-refractivity contribution >= 4 is 11.9 Å². The topological polar surface area (TPSA) is 85.8 Å². The molecule has 6 heteroatoms. The van der Waals surface area contributed by atoms with Crippen LogP contribution in [-0.4, -0.2) is 49.3 Å². The van der Waals surface area contributed by atoms with Gasteiger partial charge in [0, 0.05) is 20.1 Å². The molecular formula is C17H36N4O2. The number of hydrogen-bond donors (Lipinski definition) is 4. The third kappa shape index (κ3) is 8.21. The molecule has 0 aromatic carbocycles. The van der Waals surface area contributed by atoms with E-state index < -0.39 is 11.0 Å². The summed E-state index contributed by atoms with van der Waals surface area (Å²) < 4.78 is 0. The molecule has 0 spiro atoms. The molecule has 0 aliphatic carbocycles. The molecule has 0 aliphatic rings. The van der Waals surface area contributed by atoms with Gasteiger partial charge in [-0.15, -0.1) is 0 Å². The standard InChI is InChI=1S/C17H36N4O2/c1-7-10-17(23,11-8-2)13-21-15(19-9-3)20-12-16(4,5)14(22)18-6/h23H,7-13H2,1-6H3,(H,18,22)(H2,19,20,21). The van der Waals surface area contributed by atoms with E-state index >= 15 is 0 Å². The van der Waals surface area contributed by atoms with Gasteiger partial charge >= 0.3 is 0 Å². The van der Waals surface area contributed by atoms with Crippen LogP contribution in [-0.2, 0) is 4.79 Å². The fraction of sp³-hybridized carbons (Fsp3) is 0.882. The number of hydrogen-bond acceptors (Lipinski definition) is 3. The molecule has 0 bridgehead atoms. The molecule has 0 saturated carbocycles. The van der Waals surface area contributed by atoms with E-state index in [1.165, 1.54) is 0 Å². The normalized spacial score (nSPS) is 12.9. The van der Waals surface area contributed by atoms with Gasteiger partial charge in [-0.25, -0.2) is 0 Å². The second kappa shape index (κ2) is 10.5. The molecule has 0 radical (unpaired) electrons. The minimum absolute atomic E-state index is 0.0191. The van der Waals surface area contributed by atoms with Gasteiger partial charge in [0.1, 0.15) is 0 Å². The highest BCUT2D eigenvalue weighted by Gasteiger charge is 2.27. The smallest absolute Gasteiger partial charge is 0.227 e. The molecule has 1 amide bonds. The van der Waals surface area contributed by atoms with Crippen LogP contribution in [0.2, 0.25) is 0 Å². The van der Waals surface area contributed by atoms with Crippen LogP contribution in [0.3, 0.4) is 0 Å². The molecule has 6 nitrogen and oxygen atoms in total. The van der Waals surface area contributed by atoms with Gasteiger partial charge in [-0.2, -0.15) is 0 Å². The summed E-state index contributed by atoms with van der Waals surface area (Å²) in [5, 5.41) is 19.7. The molecule has 0 rings (SSSR count). The molecule has 0 unspecified atom stereocenters. The van der Waals surface area contributed by atoms with Gasteiger partial charge in [0.2, 0.25) is 5.91 Å². The van der Waals surface area contributed by atoms with Crippen molar-refractivity contribution in [2.75, 3.05) is 26.7 Å². The number of guanidine groups is 1. The molecule has 0 aromatic rings. The molecule has 0 fully saturated rings. The fourth-order valence-corrected chi connectivity index (χ4v) is 2.51. The summed E-state index contributed by atoms with van der Waals surface area (Å²) in [7, 11) is 1.64. The Labute approximate surface area is 141 Å². The van der Waals surface area contributed by atoms with Crippen molar-refractivity contribution in [3.63, 3.8) is 0 Å². The van der Waals surface area contributed by atoms with E-state index in [9.17, 15) is 9.90 Å². The Balaban J connectivity index is 4.85. The second-order valence-electron chi connectivity index (χ2n) is 6.74. The largest absolute Gasteiger partial charge is 0.388 e.